The predicted octanol–water partition coefficient (Wildman–Crippen LogP) is 2.68. The van der Waals surface area contributed by atoms with E-state index in [-0.39, 0.29) is 37.9 Å². The molecule has 1 saturated carbocycles. The van der Waals surface area contributed by atoms with Gasteiger partial charge in [0.05, 0.1) is 26.9 Å². The first-order valence-electron chi connectivity index (χ1n) is 28.0. The van der Waals surface area contributed by atoms with Crippen LogP contribution in [0, 0.1) is 0 Å². The SMILES string of the molecule is CCCCCCCC(=O)OP(=O)(O)O.CCCCCCCCCCCCOP(=O)(O)O.COc1ccc(OP(=O)(O)O)cc1.O=P(O)(O)O.O=P(O)(O)OC1C(OP(=O)(O)O)C(OP(=O)(O)O)C(OP(=O)(O)O)C(OP(=O)(O)O)C1OP(=O)(O)O.O=P(O)(O)OCCO.O=P(O)(O)Oc1ccc[nH]1. The zero-order valence-electron chi connectivity index (χ0n) is 53.6. The van der Waals surface area contributed by atoms with Crippen molar-refractivity contribution in [1.29, 1.82) is 0 Å². The molecule has 1 aromatic carbocycles. The van der Waals surface area contributed by atoms with Gasteiger partial charge in [-0.2, -0.15) is 0 Å². The van der Waals surface area contributed by atoms with E-state index in [9.17, 15) is 55.0 Å². The number of unbranched alkanes of at least 4 members (excludes halogenated alkanes) is 13. The van der Waals surface area contributed by atoms with E-state index < -0.39 is 136 Å². The molecule has 64 heteroatoms. The number of ether oxygens (including phenoxy) is 1. The van der Waals surface area contributed by atoms with Crippen LogP contribution in [-0.2, 0) is 100 Å². The van der Waals surface area contributed by atoms with Gasteiger partial charge in [-0.25, -0.2) is 54.8 Å². The number of carbonyl (C=O) groups excluding carboxylic acids is 1. The third kappa shape index (κ3) is 77.3. The number of hydrogen-bond donors (Lipinski definition) is 27. The van der Waals surface area contributed by atoms with Crippen molar-refractivity contribution < 1.29 is 242 Å². The monoisotopic (exact) mass is 1760 g/mol. The number of aliphatic hydroxyl groups excluding tert-OH is 1. The molecule has 0 aliphatic heterocycles. The Morgan fingerprint density at radius 2 is 0.641 bits per heavy atom. The average molecular weight is 1760 g/mol. The fourth-order valence-electron chi connectivity index (χ4n) is 7.05. The number of H-pyrrole nitrogens is 1. The van der Waals surface area contributed by atoms with Gasteiger partial charge in [-0.1, -0.05) is 97.3 Å². The highest BCUT2D eigenvalue weighted by atomic mass is 31.2. The van der Waals surface area contributed by atoms with E-state index in [2.05, 4.69) is 68.6 Å². The maximum absolute atomic E-state index is 11.4. The van der Waals surface area contributed by atoms with Gasteiger partial charge >= 0.3 is 99.8 Å². The number of rotatable bonds is 39. The van der Waals surface area contributed by atoms with E-state index in [0.717, 1.165) is 44.9 Å². The third-order valence-electron chi connectivity index (χ3n) is 10.4. The second-order valence-electron chi connectivity index (χ2n) is 19.4. The van der Waals surface area contributed by atoms with Crippen LogP contribution in [0.5, 0.6) is 17.4 Å². The Balaban J connectivity index is -0.000000612. The molecule has 0 unspecified atom stereocenters. The first kappa shape index (κ1) is 108. The van der Waals surface area contributed by atoms with Crippen LogP contribution >= 0.6 is 93.9 Å². The molecule has 1 fully saturated rings. The van der Waals surface area contributed by atoms with Gasteiger partial charge in [-0.15, -0.1) is 0 Å². The molecule has 0 bridgehead atoms. The zero-order valence-corrected chi connectivity index (χ0v) is 64.4. The minimum absolute atomic E-state index is 0.0633. The number of methoxy groups -OCH3 is 1. The molecule has 1 aliphatic carbocycles. The van der Waals surface area contributed by atoms with E-state index in [1.54, 1.807) is 18.2 Å². The number of phosphoric acid groups is 12. The first-order chi connectivity index (χ1) is 46.2. The van der Waals surface area contributed by atoms with Crippen LogP contribution in [0.4, 0.5) is 0 Å². The summed E-state index contributed by atoms with van der Waals surface area (Å²) < 4.78 is 178. The normalized spacial score (nSPS) is 17.8. The Morgan fingerprint density at radius 3 is 0.874 bits per heavy atom. The largest absolute Gasteiger partial charge is 0.526 e. The molecule has 1 heterocycles. The van der Waals surface area contributed by atoms with Crippen molar-refractivity contribution in [2.45, 2.75) is 153 Å². The van der Waals surface area contributed by atoms with Crippen molar-refractivity contribution in [1.82, 2.24) is 4.98 Å². The lowest BCUT2D eigenvalue weighted by atomic mass is 9.85. The third-order valence-corrected chi connectivity index (χ3v) is 15.9. The number of carbonyl (C=O) groups is 1. The summed E-state index contributed by atoms with van der Waals surface area (Å²) in [7, 11) is -61.3. The van der Waals surface area contributed by atoms with E-state index >= 15 is 0 Å². The molecular formula is C39H87NO51P12. The number of benzene rings is 1. The number of nitrogens with one attached hydrogen (secondary N) is 1. The van der Waals surface area contributed by atoms with Crippen LogP contribution in [0.15, 0.2) is 42.6 Å². The summed E-state index contributed by atoms with van der Waals surface area (Å²) in [6.07, 6.45) is -0.452. The van der Waals surface area contributed by atoms with Crippen molar-refractivity contribution in [2.75, 3.05) is 26.9 Å². The molecule has 1 aromatic heterocycles. The van der Waals surface area contributed by atoms with Crippen LogP contribution in [0.2, 0.25) is 0 Å². The van der Waals surface area contributed by atoms with E-state index in [1.807, 2.05) is 0 Å². The highest BCUT2D eigenvalue weighted by Crippen LogP contribution is 2.57. The van der Waals surface area contributed by atoms with Gasteiger partial charge in [-0.3, -0.25) is 70.3 Å². The molecule has 614 valence electrons. The van der Waals surface area contributed by atoms with E-state index in [1.165, 1.54) is 76.5 Å². The molecule has 2 aromatic rings. The molecule has 0 amide bonds. The lowest BCUT2D eigenvalue weighted by Crippen LogP contribution is -2.66. The summed E-state index contributed by atoms with van der Waals surface area (Å²) in [5, 5.41) is 7.96. The van der Waals surface area contributed by atoms with E-state index in [4.69, 9.17) is 137 Å². The maximum Gasteiger partial charge on any atom is 0.526 e. The number of aliphatic hydroxyl groups is 1. The fourth-order valence-corrected chi connectivity index (χ4v) is 12.2. The van der Waals surface area contributed by atoms with Crippen molar-refractivity contribution in [3.8, 4) is 17.4 Å². The van der Waals surface area contributed by atoms with Crippen molar-refractivity contribution in [3.63, 3.8) is 0 Å². The number of aromatic amines is 1. The van der Waals surface area contributed by atoms with Crippen LogP contribution in [0.25, 0.3) is 0 Å². The van der Waals surface area contributed by atoms with Gasteiger partial charge in [0.2, 0.25) is 5.88 Å². The van der Waals surface area contributed by atoms with Crippen molar-refractivity contribution in [2.24, 2.45) is 0 Å². The Morgan fingerprint density at radius 1 is 0.359 bits per heavy atom. The van der Waals surface area contributed by atoms with Crippen LogP contribution < -0.4 is 13.8 Å². The summed E-state index contributed by atoms with van der Waals surface area (Å²) in [5.41, 5.74) is 0. The van der Waals surface area contributed by atoms with Gasteiger partial charge in [-0.05, 0) is 43.2 Å². The summed E-state index contributed by atoms with van der Waals surface area (Å²) in [5.74, 6) is -0.0599. The molecule has 0 spiro atoms. The van der Waals surface area contributed by atoms with Crippen LogP contribution in [-0.4, -0.2) is 202 Å². The quantitative estimate of drug-likeness (QED) is 0.0338. The van der Waals surface area contributed by atoms with Crippen LogP contribution in [0.1, 0.15) is 117 Å². The Hall–Kier alpha value is -1.23. The van der Waals surface area contributed by atoms with E-state index in [0.29, 0.717) is 12.2 Å². The molecule has 0 atom stereocenters. The lowest BCUT2D eigenvalue weighted by molar-refractivity contribution is -0.202. The highest BCUT2D eigenvalue weighted by Gasteiger charge is 2.63. The average Bonchev–Trinajstić information content (AvgIpc) is 0.824. The minimum Gasteiger partial charge on any atom is -0.497 e. The molecule has 27 N–H and O–H groups in total. The van der Waals surface area contributed by atoms with Gasteiger partial charge < -0.3 is 121 Å². The molecular weight excluding hydrogens is 1670 g/mol. The summed E-state index contributed by atoms with van der Waals surface area (Å²) >= 11 is 0. The molecule has 3 rings (SSSR count). The van der Waals surface area contributed by atoms with Gasteiger partial charge in [0, 0.05) is 18.7 Å². The Bertz CT molecular complexity index is 3000. The molecule has 0 saturated heterocycles. The molecule has 103 heavy (non-hydrogen) atoms. The van der Waals surface area contributed by atoms with Gasteiger partial charge in [0.25, 0.3) is 0 Å². The second kappa shape index (κ2) is 51.3. The fraction of sp³-hybridized carbons (Fsp3) is 0.718. The number of phosphoric ester groups is 11. The van der Waals surface area contributed by atoms with Crippen LogP contribution in [0.3, 0.4) is 0 Å². The second-order valence-corrected chi connectivity index (χ2v) is 33.6. The number of hydrogen-bond acceptors (Lipinski definition) is 26. The maximum atomic E-state index is 11.4. The van der Waals surface area contributed by atoms with Gasteiger partial charge in [0.1, 0.15) is 48.1 Å². The lowest BCUT2D eigenvalue weighted by Gasteiger charge is -2.48. The zero-order chi connectivity index (χ0) is 81.4. The Kier molecular flexibility index (Phi) is 53.9. The molecule has 52 nitrogen and oxygen atoms in total. The molecule has 1 aliphatic rings. The smallest absolute Gasteiger partial charge is 0.497 e. The highest BCUT2D eigenvalue weighted by molar-refractivity contribution is 7.49. The van der Waals surface area contributed by atoms with Gasteiger partial charge in [0.15, 0.2) is 0 Å². The predicted molar refractivity (Wildman–Crippen MR) is 341 cm³/mol. The summed E-state index contributed by atoms with van der Waals surface area (Å²) in [6, 6.07) is 8.91. The molecule has 0 radical (unpaired) electrons. The minimum atomic E-state index is -6.02. The first-order valence-corrected chi connectivity index (χ1v) is 46.4. The Labute approximate surface area is 584 Å². The standard InChI is InChI=1S/C12H27O4P.C8H17O5P.C7H9O5P.C6H18O24P6.C4H6NO4P.C2H7O5P.H3O4P/c1-2-3-4-5-6-7-8-9-10-11-12-16-17(13,14)15;1-2-3-4-5-6-7-8(9)13-14(10,11)12;1-11-6-2-4-7(5-3-6)12-13(8,9)10;7-31(8,9)25-1-2(26-32(10,11)12)4(28-34(16,17)18)6(30-36(22,23)24)5(29-35(19,20)21)3(1)27-33(13,14)15;6-10(7,8)9-4-2-1-3-5-4;3-1-2-7-8(4,5)6;1-5(2,3)4/h2-12H2,1H3,(H2,13,14,15);2-7H2,1H3,(H2,10,11,12);2-5H,1H3,(H2,8,9,10);1-6H,(H2,7,8,9)(H2,10,11,12)(H2,13,14,15)(H2,16,17,18)(H2,19,20,21)(H2,22,23,24);1-3,5H,(H2,6,7,8);3H,1-2H2,(H2,4,5,6);(H3,1,2,3,4). The summed E-state index contributed by atoms with van der Waals surface area (Å²) in [6.45, 7) is 3.76. The number of aromatic nitrogens is 1. The van der Waals surface area contributed by atoms with Crippen molar-refractivity contribution >= 4 is 99.8 Å². The van der Waals surface area contributed by atoms with Crippen molar-refractivity contribution in [3.05, 3.63) is 42.6 Å². The summed E-state index contributed by atoms with van der Waals surface area (Å²) in [4.78, 5) is 227. The topological polar surface area (TPSA) is 874 Å².